The minimum atomic E-state index is -0.714. The highest BCUT2D eigenvalue weighted by Crippen LogP contribution is 2.39. The fourth-order valence-electron chi connectivity index (χ4n) is 1.80. The lowest BCUT2D eigenvalue weighted by Gasteiger charge is -2.09. The second-order valence-electron chi connectivity index (χ2n) is 4.27. The lowest BCUT2D eigenvalue weighted by atomic mass is 10.1. The number of amides is 1. The number of hydrogen-bond donors (Lipinski definition) is 1. The van der Waals surface area contributed by atoms with Crippen molar-refractivity contribution in [3.8, 4) is 11.5 Å². The van der Waals surface area contributed by atoms with Gasteiger partial charge in [0, 0.05) is 13.0 Å². The number of benzene rings is 1. The van der Waals surface area contributed by atoms with Crippen molar-refractivity contribution in [1.82, 2.24) is 5.32 Å². The van der Waals surface area contributed by atoms with Crippen LogP contribution in [0.25, 0.3) is 6.08 Å². The largest absolute Gasteiger partial charge is 0.493 e. The zero-order valence-corrected chi connectivity index (χ0v) is 13.6. The molecule has 120 valence electrons. The molecule has 1 aromatic rings. The number of rotatable bonds is 4. The summed E-state index contributed by atoms with van der Waals surface area (Å²) >= 11 is 5.92. The van der Waals surface area contributed by atoms with Gasteiger partial charge in [-0.3, -0.25) is 19.7 Å². The summed E-state index contributed by atoms with van der Waals surface area (Å²) in [5.41, 5.74) is -0.107. The van der Waals surface area contributed by atoms with Gasteiger partial charge in [-0.2, -0.15) is 0 Å². The Bertz CT molecular complexity index is 759. The Morgan fingerprint density at radius 3 is 2.65 bits per heavy atom. The number of esters is 1. The fraction of sp³-hybridized carbons (Fsp3) is 0.154. The zero-order valence-electron chi connectivity index (χ0n) is 11.9. The lowest BCUT2D eigenvalue weighted by Crippen LogP contribution is -2.17. The van der Waals surface area contributed by atoms with E-state index in [0.717, 1.165) is 18.7 Å². The maximum atomic E-state index is 11.7. The Labute approximate surface area is 140 Å². The smallest absolute Gasteiger partial charge is 0.316 e. The molecule has 8 nitrogen and oxygen atoms in total. The van der Waals surface area contributed by atoms with E-state index < -0.39 is 16.6 Å². The first-order valence-corrected chi connectivity index (χ1v) is 7.34. The molecule has 0 bridgehead atoms. The first-order chi connectivity index (χ1) is 10.8. The Morgan fingerprint density at radius 1 is 1.48 bits per heavy atom. The number of nitrogens with one attached hydrogen (secondary N) is 1. The van der Waals surface area contributed by atoms with Gasteiger partial charge in [0.15, 0.2) is 5.75 Å². The third-order valence-corrected chi connectivity index (χ3v) is 3.82. The summed E-state index contributed by atoms with van der Waals surface area (Å²) in [6.07, 6.45) is 1.44. The quantitative estimate of drug-likeness (QED) is 0.218. The second-order valence-corrected chi connectivity index (χ2v) is 5.99. The minimum Gasteiger partial charge on any atom is -0.493 e. The number of carbonyl (C=O) groups excluding carboxylic acids is 2. The van der Waals surface area contributed by atoms with Crippen LogP contribution in [0.4, 0.5) is 5.69 Å². The Hall–Kier alpha value is -2.46. The van der Waals surface area contributed by atoms with E-state index in [2.05, 4.69) is 5.32 Å². The molecule has 1 heterocycles. The molecule has 1 aromatic carbocycles. The zero-order chi connectivity index (χ0) is 17.1. The molecule has 0 unspecified atom stereocenters. The topological polar surface area (TPSA) is 108 Å². The number of ether oxygens (including phenoxy) is 2. The first-order valence-electron chi connectivity index (χ1n) is 6.11. The molecule has 1 fully saturated rings. The van der Waals surface area contributed by atoms with Crippen molar-refractivity contribution in [1.29, 1.82) is 0 Å². The molecule has 1 aliphatic rings. The summed E-state index contributed by atoms with van der Waals surface area (Å²) < 4.78 is 10.2. The summed E-state index contributed by atoms with van der Waals surface area (Å²) in [6, 6.07) is 2.61. The van der Waals surface area contributed by atoms with Gasteiger partial charge in [-0.25, -0.2) is 0 Å². The van der Waals surface area contributed by atoms with Gasteiger partial charge < -0.3 is 14.8 Å². The predicted molar refractivity (Wildman–Crippen MR) is 87.3 cm³/mol. The van der Waals surface area contributed by atoms with Crippen molar-refractivity contribution >= 4 is 51.9 Å². The Kier molecular flexibility index (Phi) is 4.96. The molecule has 2 rings (SSSR count). The van der Waals surface area contributed by atoms with Gasteiger partial charge in [-0.15, -0.1) is 0 Å². The van der Waals surface area contributed by atoms with Crippen LogP contribution in [0.3, 0.4) is 0 Å². The van der Waals surface area contributed by atoms with Gasteiger partial charge >= 0.3 is 11.7 Å². The van der Waals surface area contributed by atoms with Crippen molar-refractivity contribution in [2.45, 2.75) is 6.92 Å². The molecule has 0 aromatic heterocycles. The summed E-state index contributed by atoms with van der Waals surface area (Å²) in [5, 5.41) is 13.7. The third-order valence-electron chi connectivity index (χ3n) is 2.66. The fourth-order valence-corrected chi connectivity index (χ4v) is 2.84. The second kappa shape index (κ2) is 6.75. The van der Waals surface area contributed by atoms with E-state index in [-0.39, 0.29) is 17.4 Å². The normalized spacial score (nSPS) is 15.5. The lowest BCUT2D eigenvalue weighted by molar-refractivity contribution is -0.385. The van der Waals surface area contributed by atoms with Crippen LogP contribution in [-0.4, -0.2) is 28.2 Å². The van der Waals surface area contributed by atoms with Crippen molar-refractivity contribution in [2.75, 3.05) is 7.11 Å². The molecule has 1 saturated heterocycles. The van der Waals surface area contributed by atoms with Crippen molar-refractivity contribution < 1.29 is 24.0 Å². The van der Waals surface area contributed by atoms with E-state index in [4.69, 9.17) is 21.7 Å². The van der Waals surface area contributed by atoms with Crippen molar-refractivity contribution in [3.63, 3.8) is 0 Å². The highest BCUT2D eigenvalue weighted by Gasteiger charge is 2.26. The number of nitro benzene ring substituents is 1. The predicted octanol–water partition coefficient (Wildman–Crippen LogP) is 2.02. The van der Waals surface area contributed by atoms with Crippen LogP contribution in [0.2, 0.25) is 0 Å². The summed E-state index contributed by atoms with van der Waals surface area (Å²) in [7, 11) is 1.29. The highest BCUT2D eigenvalue weighted by atomic mass is 32.2. The number of carbonyl (C=O) groups is 2. The molecular formula is C13H10N2O6S2. The molecule has 0 spiro atoms. The first kappa shape index (κ1) is 16.9. The monoisotopic (exact) mass is 354 g/mol. The maximum Gasteiger partial charge on any atom is 0.316 e. The van der Waals surface area contributed by atoms with Crippen LogP contribution in [-0.2, 0) is 9.59 Å². The van der Waals surface area contributed by atoms with Crippen LogP contribution in [0.1, 0.15) is 12.5 Å². The van der Waals surface area contributed by atoms with E-state index >= 15 is 0 Å². The van der Waals surface area contributed by atoms with Crippen LogP contribution in [0, 0.1) is 10.1 Å². The van der Waals surface area contributed by atoms with Crippen molar-refractivity contribution in [3.05, 3.63) is 32.7 Å². The number of nitro groups is 1. The SMILES string of the molecule is COc1cc(C=C2SC(=S)NC2=O)cc([N+](=O)[O-])c1OC(C)=O. The van der Waals surface area contributed by atoms with Gasteiger partial charge in [0.2, 0.25) is 5.75 Å². The van der Waals surface area contributed by atoms with Gasteiger partial charge in [0.25, 0.3) is 5.91 Å². The molecule has 1 aliphatic heterocycles. The maximum absolute atomic E-state index is 11.7. The molecule has 1 amide bonds. The molecule has 0 saturated carbocycles. The summed E-state index contributed by atoms with van der Waals surface area (Å²) in [5.74, 6) is -1.38. The van der Waals surface area contributed by atoms with Gasteiger partial charge in [-0.1, -0.05) is 24.0 Å². The molecule has 23 heavy (non-hydrogen) atoms. The average molecular weight is 354 g/mol. The molecule has 0 aliphatic carbocycles. The number of methoxy groups -OCH3 is 1. The van der Waals surface area contributed by atoms with Crippen LogP contribution in [0.5, 0.6) is 11.5 Å². The highest BCUT2D eigenvalue weighted by molar-refractivity contribution is 8.26. The number of hydrogen-bond acceptors (Lipinski definition) is 8. The molecule has 0 atom stereocenters. The van der Waals surface area contributed by atoms with E-state index in [1.54, 1.807) is 0 Å². The van der Waals surface area contributed by atoms with E-state index in [0.29, 0.717) is 14.8 Å². The molecule has 0 radical (unpaired) electrons. The van der Waals surface area contributed by atoms with Crippen LogP contribution in [0.15, 0.2) is 17.0 Å². The molecule has 1 N–H and O–H groups in total. The molecular weight excluding hydrogens is 344 g/mol. The van der Waals surface area contributed by atoms with Gasteiger partial charge in [0.05, 0.1) is 16.9 Å². The third kappa shape index (κ3) is 3.85. The number of thiocarbonyl (C=S) groups is 1. The summed E-state index contributed by atoms with van der Waals surface area (Å²) in [6.45, 7) is 1.12. The average Bonchev–Trinajstić information content (AvgIpc) is 2.77. The van der Waals surface area contributed by atoms with Crippen molar-refractivity contribution in [2.24, 2.45) is 0 Å². The number of thioether (sulfide) groups is 1. The van der Waals surface area contributed by atoms with Crippen LogP contribution < -0.4 is 14.8 Å². The standard InChI is InChI=1S/C13H10N2O6S2/c1-6(16)21-11-8(15(18)19)3-7(4-9(11)20-2)5-10-12(17)14-13(22)23-10/h3-5H,1-2H3,(H,14,17,22). The minimum absolute atomic E-state index is 0.00670. The van der Waals surface area contributed by atoms with E-state index in [1.807, 2.05) is 0 Å². The van der Waals surface area contributed by atoms with E-state index in [1.165, 1.54) is 25.3 Å². The number of nitrogens with zero attached hydrogens (tertiary/aromatic N) is 1. The van der Waals surface area contributed by atoms with Crippen LogP contribution >= 0.6 is 24.0 Å². The summed E-state index contributed by atoms with van der Waals surface area (Å²) in [4.78, 5) is 33.6. The van der Waals surface area contributed by atoms with Gasteiger partial charge in [0.1, 0.15) is 4.32 Å². The Morgan fingerprint density at radius 2 is 2.17 bits per heavy atom. The van der Waals surface area contributed by atoms with E-state index in [9.17, 15) is 19.7 Å². The van der Waals surface area contributed by atoms with Gasteiger partial charge in [-0.05, 0) is 17.7 Å². The molecule has 10 heteroatoms. The Balaban J connectivity index is 2.54.